The topological polar surface area (TPSA) is 93.4 Å². The number of ether oxygens (including phenoxy) is 1. The largest absolute Gasteiger partial charge is 0.382 e. The smallest absolute Gasteiger partial charge is 0.255 e. The van der Waals surface area contributed by atoms with Gasteiger partial charge in [0.15, 0.2) is 5.65 Å². The molecule has 1 aliphatic carbocycles. The summed E-state index contributed by atoms with van der Waals surface area (Å²) in [6.07, 6.45) is 10.7. The number of aromatic nitrogens is 4. The number of nitrogens with zero attached hydrogens (tertiary/aromatic N) is 4. The summed E-state index contributed by atoms with van der Waals surface area (Å²) in [7, 11) is 0. The van der Waals surface area contributed by atoms with Crippen molar-refractivity contribution in [1.29, 1.82) is 0 Å². The van der Waals surface area contributed by atoms with Gasteiger partial charge >= 0.3 is 0 Å². The number of rotatable bonds is 7. The van der Waals surface area contributed by atoms with Crippen LogP contribution in [0.3, 0.4) is 0 Å². The third-order valence-electron chi connectivity index (χ3n) is 5.61. The first-order valence-electron chi connectivity index (χ1n) is 11.1. The molecule has 0 bridgehead atoms. The molecule has 1 aliphatic rings. The third-order valence-corrected chi connectivity index (χ3v) is 5.80. The van der Waals surface area contributed by atoms with Crippen molar-refractivity contribution in [2.75, 3.05) is 11.9 Å². The molecule has 0 saturated heterocycles. The number of hydrogen-bond acceptors (Lipinski definition) is 6. The van der Waals surface area contributed by atoms with E-state index >= 15 is 0 Å². The molecule has 2 N–H and O–H groups in total. The van der Waals surface area contributed by atoms with E-state index < -0.39 is 0 Å². The predicted octanol–water partition coefficient (Wildman–Crippen LogP) is 4.34. The van der Waals surface area contributed by atoms with Crippen LogP contribution < -0.4 is 10.6 Å². The molecule has 32 heavy (non-hydrogen) atoms. The summed E-state index contributed by atoms with van der Waals surface area (Å²) < 4.78 is 7.34. The standard InChI is InChI=1S/C23H29ClN6O2/c1-4-32-17-7-5-16(6-8-17)29-23(31)19-11-25-20(9-21(19)28-14(2)3)18-12-27-30-13-15(24)10-26-22(18)30/h9-14,16-17H,4-8H2,1-3H3,(H,25,28)(H,29,31). The highest BCUT2D eigenvalue weighted by Gasteiger charge is 2.24. The van der Waals surface area contributed by atoms with Gasteiger partial charge in [-0.1, -0.05) is 11.6 Å². The molecule has 0 radical (unpaired) electrons. The van der Waals surface area contributed by atoms with Gasteiger partial charge < -0.3 is 15.4 Å². The molecule has 4 rings (SSSR count). The van der Waals surface area contributed by atoms with E-state index in [4.69, 9.17) is 16.3 Å². The lowest BCUT2D eigenvalue weighted by Crippen LogP contribution is -2.39. The summed E-state index contributed by atoms with van der Waals surface area (Å²) in [5.74, 6) is -0.114. The molecule has 1 amide bonds. The number of carbonyl (C=O) groups excluding carboxylic acids is 1. The number of anilines is 1. The summed E-state index contributed by atoms with van der Waals surface area (Å²) in [5.41, 5.74) is 3.38. The highest BCUT2D eigenvalue weighted by molar-refractivity contribution is 6.30. The Morgan fingerprint density at radius 2 is 2.00 bits per heavy atom. The Labute approximate surface area is 192 Å². The van der Waals surface area contributed by atoms with E-state index in [0.717, 1.165) is 43.5 Å². The lowest BCUT2D eigenvalue weighted by Gasteiger charge is -2.29. The second-order valence-corrected chi connectivity index (χ2v) is 8.85. The van der Waals surface area contributed by atoms with Gasteiger partial charge in [0.1, 0.15) is 0 Å². The van der Waals surface area contributed by atoms with Gasteiger partial charge in [0.05, 0.1) is 46.0 Å². The maximum absolute atomic E-state index is 13.1. The van der Waals surface area contributed by atoms with Crippen LogP contribution in [0.1, 0.15) is 56.8 Å². The maximum atomic E-state index is 13.1. The van der Waals surface area contributed by atoms with Crippen molar-refractivity contribution in [3.63, 3.8) is 0 Å². The number of pyridine rings is 1. The number of carbonyl (C=O) groups is 1. The minimum atomic E-state index is -0.114. The van der Waals surface area contributed by atoms with Gasteiger partial charge in [0.25, 0.3) is 5.91 Å². The second-order valence-electron chi connectivity index (χ2n) is 8.42. The maximum Gasteiger partial charge on any atom is 0.255 e. The van der Waals surface area contributed by atoms with E-state index in [9.17, 15) is 4.79 Å². The van der Waals surface area contributed by atoms with E-state index in [2.05, 4.69) is 25.7 Å². The normalized spacial score (nSPS) is 18.8. The van der Waals surface area contributed by atoms with E-state index in [-0.39, 0.29) is 18.0 Å². The average molecular weight is 457 g/mol. The molecular formula is C23H29ClN6O2. The third kappa shape index (κ3) is 5.02. The van der Waals surface area contributed by atoms with Gasteiger partial charge in [0.2, 0.25) is 0 Å². The van der Waals surface area contributed by atoms with Crippen LogP contribution in [0.5, 0.6) is 0 Å². The van der Waals surface area contributed by atoms with Crippen molar-refractivity contribution in [3.05, 3.63) is 41.4 Å². The second kappa shape index (κ2) is 9.83. The first-order chi connectivity index (χ1) is 15.4. The predicted molar refractivity (Wildman–Crippen MR) is 125 cm³/mol. The van der Waals surface area contributed by atoms with Crippen LogP contribution in [0.4, 0.5) is 5.69 Å². The number of fused-ring (bicyclic) bond motifs is 1. The van der Waals surface area contributed by atoms with E-state index in [0.29, 0.717) is 28.0 Å². The highest BCUT2D eigenvalue weighted by atomic mass is 35.5. The first kappa shape index (κ1) is 22.5. The van der Waals surface area contributed by atoms with Crippen molar-refractivity contribution in [3.8, 4) is 11.3 Å². The minimum Gasteiger partial charge on any atom is -0.382 e. The summed E-state index contributed by atoms with van der Waals surface area (Å²) in [6, 6.07) is 2.19. The van der Waals surface area contributed by atoms with Gasteiger partial charge in [-0.2, -0.15) is 5.10 Å². The fourth-order valence-electron chi connectivity index (χ4n) is 4.12. The molecule has 9 heteroatoms. The van der Waals surface area contributed by atoms with Crippen molar-refractivity contribution >= 4 is 28.8 Å². The Hall–Kier alpha value is -2.71. The van der Waals surface area contributed by atoms with Crippen LogP contribution in [0.2, 0.25) is 5.02 Å². The van der Waals surface area contributed by atoms with Crippen LogP contribution in [0.25, 0.3) is 16.9 Å². The van der Waals surface area contributed by atoms with Crippen LogP contribution in [0.15, 0.2) is 30.9 Å². The number of amides is 1. The van der Waals surface area contributed by atoms with E-state index in [1.807, 2.05) is 26.8 Å². The zero-order valence-electron chi connectivity index (χ0n) is 18.6. The van der Waals surface area contributed by atoms with Crippen LogP contribution in [-0.2, 0) is 4.74 Å². The molecule has 170 valence electrons. The number of hydrogen-bond donors (Lipinski definition) is 2. The molecule has 1 fully saturated rings. The molecule has 3 aromatic rings. The Morgan fingerprint density at radius 1 is 1.22 bits per heavy atom. The van der Waals surface area contributed by atoms with Crippen LogP contribution in [0, 0.1) is 0 Å². The van der Waals surface area contributed by atoms with E-state index in [1.165, 1.54) is 0 Å². The molecule has 0 aliphatic heterocycles. The zero-order valence-corrected chi connectivity index (χ0v) is 19.4. The summed E-state index contributed by atoms with van der Waals surface area (Å²) in [4.78, 5) is 22.0. The summed E-state index contributed by atoms with van der Waals surface area (Å²) >= 11 is 6.02. The fourth-order valence-corrected chi connectivity index (χ4v) is 4.26. The Kier molecular flexibility index (Phi) is 6.91. The molecule has 1 saturated carbocycles. The van der Waals surface area contributed by atoms with Crippen molar-refractivity contribution < 1.29 is 9.53 Å². The van der Waals surface area contributed by atoms with Crippen molar-refractivity contribution in [2.45, 2.75) is 64.6 Å². The average Bonchev–Trinajstić information content (AvgIpc) is 3.18. The monoisotopic (exact) mass is 456 g/mol. The first-order valence-corrected chi connectivity index (χ1v) is 11.5. The van der Waals surface area contributed by atoms with Gasteiger partial charge in [-0.3, -0.25) is 9.78 Å². The lowest BCUT2D eigenvalue weighted by molar-refractivity contribution is 0.0300. The van der Waals surface area contributed by atoms with Crippen LogP contribution in [-0.4, -0.2) is 50.3 Å². The lowest BCUT2D eigenvalue weighted by atomic mass is 9.92. The zero-order chi connectivity index (χ0) is 22.7. The number of nitrogens with one attached hydrogen (secondary N) is 2. The van der Waals surface area contributed by atoms with Gasteiger partial charge in [0, 0.05) is 31.1 Å². The summed E-state index contributed by atoms with van der Waals surface area (Å²) in [5, 5.41) is 11.4. The number of halogens is 1. The van der Waals surface area contributed by atoms with Crippen molar-refractivity contribution in [2.24, 2.45) is 0 Å². The van der Waals surface area contributed by atoms with Crippen molar-refractivity contribution in [1.82, 2.24) is 24.9 Å². The fraction of sp³-hybridized carbons (Fsp3) is 0.478. The molecule has 8 nitrogen and oxygen atoms in total. The van der Waals surface area contributed by atoms with E-state index in [1.54, 1.807) is 29.3 Å². The van der Waals surface area contributed by atoms with Crippen LogP contribution >= 0.6 is 11.6 Å². The quantitative estimate of drug-likeness (QED) is 0.549. The molecule has 0 unspecified atom stereocenters. The van der Waals surface area contributed by atoms with Gasteiger partial charge in [-0.25, -0.2) is 9.50 Å². The molecule has 3 heterocycles. The Balaban J connectivity index is 1.56. The molecular weight excluding hydrogens is 428 g/mol. The molecule has 3 aromatic heterocycles. The highest BCUT2D eigenvalue weighted by Crippen LogP contribution is 2.28. The van der Waals surface area contributed by atoms with Gasteiger partial charge in [-0.15, -0.1) is 0 Å². The summed E-state index contributed by atoms with van der Waals surface area (Å²) in [6.45, 7) is 6.83. The Morgan fingerprint density at radius 3 is 2.72 bits per heavy atom. The molecule has 0 aromatic carbocycles. The SMILES string of the molecule is CCOC1CCC(NC(=O)c2cnc(-c3cnn4cc(Cl)cnc34)cc2NC(C)C)CC1. The minimum absolute atomic E-state index is 0.114. The Bertz CT molecular complexity index is 1090. The molecule has 0 atom stereocenters. The molecule has 0 spiro atoms. The van der Waals surface area contributed by atoms with Gasteiger partial charge in [-0.05, 0) is 52.5 Å².